The van der Waals surface area contributed by atoms with Crippen LogP contribution >= 0.6 is 0 Å². The second-order valence-corrected chi connectivity index (χ2v) is 4.90. The lowest BCUT2D eigenvalue weighted by Gasteiger charge is -2.31. The molecule has 0 heterocycles. The van der Waals surface area contributed by atoms with Crippen LogP contribution in [0.5, 0.6) is 0 Å². The summed E-state index contributed by atoms with van der Waals surface area (Å²) in [5, 5.41) is 0. The quantitative estimate of drug-likeness (QED) is 0.728. The zero-order valence-electron chi connectivity index (χ0n) is 10.2. The van der Waals surface area contributed by atoms with E-state index in [2.05, 4.69) is 0 Å². The minimum Gasteiger partial charge on any atom is -0.294 e. The first kappa shape index (κ1) is 11.8. The zero-order valence-corrected chi connectivity index (χ0v) is 10.2. The van der Waals surface area contributed by atoms with Gasteiger partial charge in [-0.05, 0) is 0 Å². The normalized spacial score (nSPS) is 20.4. The summed E-state index contributed by atoms with van der Waals surface area (Å²) in [5.41, 5.74) is 0.966. The molecule has 2 heteroatoms. The van der Waals surface area contributed by atoms with Gasteiger partial charge in [0.2, 0.25) is 0 Å². The number of hydrogen-bond donors (Lipinski definition) is 0. The van der Waals surface area contributed by atoms with E-state index in [1.54, 1.807) is 0 Å². The zero-order chi connectivity index (χ0) is 12.5. The molecular formula is C15H16O2. The fraction of sp³-hybridized carbons (Fsp3) is 0.333. The van der Waals surface area contributed by atoms with Gasteiger partial charge in [-0.2, -0.15) is 0 Å². The molecule has 0 spiro atoms. The molecule has 2 rings (SSSR count). The Morgan fingerprint density at radius 3 is 1.65 bits per heavy atom. The maximum Gasteiger partial charge on any atom is 0.163 e. The largest absolute Gasteiger partial charge is 0.294 e. The highest BCUT2D eigenvalue weighted by Gasteiger charge is 2.35. The summed E-state index contributed by atoms with van der Waals surface area (Å²) in [7, 11) is 0. The smallest absolute Gasteiger partial charge is 0.163 e. The molecule has 0 aromatic rings. The van der Waals surface area contributed by atoms with E-state index in [1.165, 1.54) is 0 Å². The Morgan fingerprint density at radius 1 is 0.882 bits per heavy atom. The first-order valence-electron chi connectivity index (χ1n) is 5.84. The summed E-state index contributed by atoms with van der Waals surface area (Å²) in [4.78, 5) is 23.8. The molecule has 0 aliphatic heterocycles. The van der Waals surface area contributed by atoms with Gasteiger partial charge in [0.1, 0.15) is 0 Å². The van der Waals surface area contributed by atoms with Crippen LogP contribution in [0.15, 0.2) is 47.6 Å². The van der Waals surface area contributed by atoms with Gasteiger partial charge in [0.05, 0.1) is 0 Å². The van der Waals surface area contributed by atoms with Crippen LogP contribution in [0.25, 0.3) is 0 Å². The molecule has 0 bridgehead atoms. The molecule has 2 aliphatic carbocycles. The summed E-state index contributed by atoms with van der Waals surface area (Å²) < 4.78 is 0. The maximum absolute atomic E-state index is 11.9. The van der Waals surface area contributed by atoms with Crippen LogP contribution in [-0.4, -0.2) is 11.6 Å². The molecule has 0 amide bonds. The fourth-order valence-electron chi connectivity index (χ4n) is 2.34. The molecule has 0 radical (unpaired) electrons. The van der Waals surface area contributed by atoms with Crippen molar-refractivity contribution >= 4 is 11.6 Å². The van der Waals surface area contributed by atoms with Crippen molar-refractivity contribution in [1.82, 2.24) is 0 Å². The average molecular weight is 228 g/mol. The molecular weight excluding hydrogens is 212 g/mol. The van der Waals surface area contributed by atoms with E-state index in [9.17, 15) is 9.59 Å². The lowest BCUT2D eigenvalue weighted by Crippen LogP contribution is -2.29. The van der Waals surface area contributed by atoms with E-state index >= 15 is 0 Å². The van der Waals surface area contributed by atoms with E-state index in [4.69, 9.17) is 0 Å². The average Bonchev–Trinajstić information content (AvgIpc) is 2.29. The van der Waals surface area contributed by atoms with Crippen LogP contribution in [0.4, 0.5) is 0 Å². The topological polar surface area (TPSA) is 34.1 Å². The van der Waals surface area contributed by atoms with E-state index in [1.807, 2.05) is 50.3 Å². The Hall–Kier alpha value is -1.70. The van der Waals surface area contributed by atoms with Crippen LogP contribution in [0, 0.1) is 5.41 Å². The Bertz CT molecular complexity index is 441. The van der Waals surface area contributed by atoms with Crippen LogP contribution in [-0.2, 0) is 9.59 Å². The summed E-state index contributed by atoms with van der Waals surface area (Å²) in [6.07, 6.45) is 12.0. The Morgan fingerprint density at radius 2 is 1.29 bits per heavy atom. The van der Waals surface area contributed by atoms with Crippen molar-refractivity contribution < 1.29 is 9.59 Å². The fourth-order valence-corrected chi connectivity index (χ4v) is 2.34. The van der Waals surface area contributed by atoms with Gasteiger partial charge in [0.25, 0.3) is 0 Å². The standard InChI is InChI=1S/C15H16O2/c1-15(2,11-7-3-5-9-13(11)16)12-8-4-6-10-14(12)17/h3-8H,9-10H2,1-2H3. The molecule has 0 fully saturated rings. The summed E-state index contributed by atoms with van der Waals surface area (Å²) in [5.74, 6) is 0.224. The monoisotopic (exact) mass is 228 g/mol. The van der Waals surface area contributed by atoms with Crippen LogP contribution < -0.4 is 0 Å². The van der Waals surface area contributed by atoms with E-state index in [0.717, 1.165) is 11.1 Å². The maximum atomic E-state index is 11.9. The van der Waals surface area contributed by atoms with Crippen molar-refractivity contribution in [2.75, 3.05) is 0 Å². The second-order valence-electron chi connectivity index (χ2n) is 4.90. The van der Waals surface area contributed by atoms with Gasteiger partial charge in [-0.3, -0.25) is 9.59 Å². The summed E-state index contributed by atoms with van der Waals surface area (Å²) in [6, 6.07) is 0. The predicted molar refractivity (Wildman–Crippen MR) is 67.5 cm³/mol. The van der Waals surface area contributed by atoms with Crippen molar-refractivity contribution in [3.05, 3.63) is 47.6 Å². The molecule has 0 aromatic carbocycles. The third kappa shape index (κ3) is 2.07. The highest BCUT2D eigenvalue weighted by Crippen LogP contribution is 2.38. The molecule has 0 saturated carbocycles. The van der Waals surface area contributed by atoms with Gasteiger partial charge in [-0.25, -0.2) is 0 Å². The van der Waals surface area contributed by atoms with Crippen LogP contribution in [0.2, 0.25) is 0 Å². The Kier molecular flexibility index (Phi) is 2.97. The minimum atomic E-state index is -0.496. The molecule has 0 N–H and O–H groups in total. The number of rotatable bonds is 2. The molecule has 0 saturated heterocycles. The lowest BCUT2D eigenvalue weighted by molar-refractivity contribution is -0.116. The molecule has 88 valence electrons. The van der Waals surface area contributed by atoms with Crippen molar-refractivity contribution in [3.63, 3.8) is 0 Å². The van der Waals surface area contributed by atoms with Crippen molar-refractivity contribution in [2.24, 2.45) is 5.41 Å². The van der Waals surface area contributed by atoms with Crippen molar-refractivity contribution in [3.8, 4) is 0 Å². The summed E-state index contributed by atoms with van der Waals surface area (Å²) in [6.45, 7) is 3.89. The molecule has 2 aliphatic rings. The SMILES string of the molecule is CC(C)(C1=CC=CCC1=O)C1=CC=CCC1=O. The number of Topliss-reactive ketones (excluding diaryl/α,β-unsaturated/α-hetero) is 2. The minimum absolute atomic E-state index is 0.112. The van der Waals surface area contributed by atoms with Crippen molar-refractivity contribution in [2.45, 2.75) is 26.7 Å². The Labute approximate surface area is 101 Å². The van der Waals surface area contributed by atoms with Gasteiger partial charge in [-0.15, -0.1) is 0 Å². The highest BCUT2D eigenvalue weighted by atomic mass is 16.1. The molecule has 0 atom stereocenters. The van der Waals surface area contributed by atoms with Gasteiger partial charge in [0.15, 0.2) is 11.6 Å². The molecule has 17 heavy (non-hydrogen) atoms. The van der Waals surface area contributed by atoms with E-state index in [0.29, 0.717) is 12.8 Å². The molecule has 2 nitrogen and oxygen atoms in total. The predicted octanol–water partition coefficient (Wildman–Crippen LogP) is 2.92. The first-order valence-corrected chi connectivity index (χ1v) is 5.84. The van der Waals surface area contributed by atoms with Gasteiger partial charge in [-0.1, -0.05) is 50.3 Å². The third-order valence-corrected chi connectivity index (χ3v) is 3.35. The lowest BCUT2D eigenvalue weighted by atomic mass is 9.71. The van der Waals surface area contributed by atoms with E-state index < -0.39 is 5.41 Å². The van der Waals surface area contributed by atoms with Crippen LogP contribution in [0.3, 0.4) is 0 Å². The third-order valence-electron chi connectivity index (χ3n) is 3.35. The highest BCUT2D eigenvalue weighted by molar-refractivity contribution is 6.05. The number of hydrogen-bond acceptors (Lipinski definition) is 2. The van der Waals surface area contributed by atoms with Gasteiger partial charge in [0, 0.05) is 29.4 Å². The first-order chi connectivity index (χ1) is 8.03. The van der Waals surface area contributed by atoms with Crippen molar-refractivity contribution in [1.29, 1.82) is 0 Å². The number of carbonyl (C=O) groups excluding carboxylic acids is 2. The second kappa shape index (κ2) is 4.28. The Balaban J connectivity index is 2.42. The summed E-state index contributed by atoms with van der Waals surface area (Å²) >= 11 is 0. The van der Waals surface area contributed by atoms with Crippen LogP contribution in [0.1, 0.15) is 26.7 Å². The number of carbonyl (C=O) groups is 2. The number of allylic oxidation sites excluding steroid dienone is 8. The molecule has 0 unspecified atom stereocenters. The van der Waals surface area contributed by atoms with Gasteiger partial charge < -0.3 is 0 Å². The number of ketones is 2. The van der Waals surface area contributed by atoms with Gasteiger partial charge >= 0.3 is 0 Å². The molecule has 0 aromatic heterocycles. The van der Waals surface area contributed by atoms with E-state index in [-0.39, 0.29) is 11.6 Å².